The molecule has 0 unspecified atom stereocenters. The van der Waals surface area contributed by atoms with Crippen LogP contribution in [-0.2, 0) is 6.42 Å². The molecule has 2 aromatic rings. The third kappa shape index (κ3) is 4.12. The van der Waals surface area contributed by atoms with Crippen LogP contribution in [0.3, 0.4) is 0 Å². The molecule has 0 N–H and O–H groups in total. The van der Waals surface area contributed by atoms with Crippen molar-refractivity contribution >= 4 is 5.57 Å². The Balaban J connectivity index is 2.13. The smallest absolute Gasteiger partial charge is 0.130 e. The van der Waals surface area contributed by atoms with Crippen LogP contribution in [0, 0.1) is 0 Å². The quantitative estimate of drug-likeness (QED) is 0.687. The van der Waals surface area contributed by atoms with Crippen LogP contribution in [0.1, 0.15) is 31.4 Å². The zero-order valence-corrected chi connectivity index (χ0v) is 12.9. The van der Waals surface area contributed by atoms with Crippen molar-refractivity contribution in [3.63, 3.8) is 0 Å². The van der Waals surface area contributed by atoms with E-state index in [4.69, 9.17) is 9.47 Å². The number of allylic oxidation sites excluding steroid dienone is 1. The molecule has 2 aromatic carbocycles. The second-order valence-electron chi connectivity index (χ2n) is 5.01. The molecular weight excluding hydrogens is 260 g/mol. The normalized spacial score (nSPS) is 11.3. The maximum atomic E-state index is 5.76. The van der Waals surface area contributed by atoms with E-state index in [9.17, 15) is 0 Å². The standard InChI is InChI=1S/C19H22O2/c1-4-8-17-11-12-18(13-19(17)20-3)21-14-15(2)16-9-6-5-7-10-16/h5-7,9-14H,4,8H2,1-3H3/b15-14+. The lowest BCUT2D eigenvalue weighted by atomic mass is 10.1. The molecule has 2 nitrogen and oxygen atoms in total. The molecule has 0 aromatic heterocycles. The highest BCUT2D eigenvalue weighted by Gasteiger charge is 2.04. The molecule has 2 rings (SSSR count). The van der Waals surface area contributed by atoms with Crippen LogP contribution in [0.4, 0.5) is 0 Å². The molecule has 110 valence electrons. The van der Waals surface area contributed by atoms with E-state index < -0.39 is 0 Å². The Morgan fingerprint density at radius 3 is 2.52 bits per heavy atom. The number of benzene rings is 2. The minimum Gasteiger partial charge on any atom is -0.496 e. The van der Waals surface area contributed by atoms with Crippen molar-refractivity contribution in [3.05, 3.63) is 65.9 Å². The summed E-state index contributed by atoms with van der Waals surface area (Å²) in [6, 6.07) is 16.2. The minimum atomic E-state index is 0.794. The second-order valence-corrected chi connectivity index (χ2v) is 5.01. The van der Waals surface area contributed by atoms with E-state index in [1.165, 1.54) is 5.56 Å². The Bertz CT molecular complexity index is 600. The van der Waals surface area contributed by atoms with Crippen molar-refractivity contribution in [2.24, 2.45) is 0 Å². The number of ether oxygens (including phenoxy) is 2. The van der Waals surface area contributed by atoms with Crippen molar-refractivity contribution in [2.75, 3.05) is 7.11 Å². The zero-order chi connectivity index (χ0) is 15.1. The van der Waals surface area contributed by atoms with Gasteiger partial charge in [0, 0.05) is 6.07 Å². The maximum Gasteiger partial charge on any atom is 0.130 e. The summed E-state index contributed by atoms with van der Waals surface area (Å²) in [5, 5.41) is 0. The van der Waals surface area contributed by atoms with Gasteiger partial charge in [0.2, 0.25) is 0 Å². The van der Waals surface area contributed by atoms with E-state index in [1.807, 2.05) is 37.3 Å². The summed E-state index contributed by atoms with van der Waals surface area (Å²) in [5.74, 6) is 1.68. The lowest BCUT2D eigenvalue weighted by molar-refractivity contribution is 0.403. The van der Waals surface area contributed by atoms with Gasteiger partial charge in [-0.3, -0.25) is 0 Å². The average molecular weight is 282 g/mol. The Labute approximate surface area is 127 Å². The molecule has 0 radical (unpaired) electrons. The van der Waals surface area contributed by atoms with Gasteiger partial charge in [-0.15, -0.1) is 0 Å². The monoisotopic (exact) mass is 282 g/mol. The van der Waals surface area contributed by atoms with Crippen LogP contribution in [0.5, 0.6) is 11.5 Å². The highest BCUT2D eigenvalue weighted by atomic mass is 16.5. The van der Waals surface area contributed by atoms with Gasteiger partial charge in [-0.1, -0.05) is 49.7 Å². The second kappa shape index (κ2) is 7.53. The number of methoxy groups -OCH3 is 1. The van der Waals surface area contributed by atoms with Crippen LogP contribution in [0.2, 0.25) is 0 Å². The third-order valence-electron chi connectivity index (χ3n) is 3.38. The fourth-order valence-electron chi connectivity index (χ4n) is 2.20. The Kier molecular flexibility index (Phi) is 5.44. The summed E-state index contributed by atoms with van der Waals surface area (Å²) in [6.45, 7) is 4.20. The fraction of sp³-hybridized carbons (Fsp3) is 0.263. The van der Waals surface area contributed by atoms with Crippen molar-refractivity contribution in [2.45, 2.75) is 26.7 Å². The Morgan fingerprint density at radius 2 is 1.86 bits per heavy atom. The molecule has 0 fully saturated rings. The fourth-order valence-corrected chi connectivity index (χ4v) is 2.20. The van der Waals surface area contributed by atoms with Gasteiger partial charge in [0.15, 0.2) is 0 Å². The minimum absolute atomic E-state index is 0.794. The molecule has 0 heterocycles. The van der Waals surface area contributed by atoms with E-state index in [-0.39, 0.29) is 0 Å². The molecule has 0 amide bonds. The summed E-state index contributed by atoms with van der Waals surface area (Å²) in [4.78, 5) is 0. The summed E-state index contributed by atoms with van der Waals surface area (Å²) in [7, 11) is 1.70. The van der Waals surface area contributed by atoms with Crippen molar-refractivity contribution in [3.8, 4) is 11.5 Å². The first-order chi connectivity index (χ1) is 10.2. The number of hydrogen-bond acceptors (Lipinski definition) is 2. The summed E-state index contributed by atoms with van der Waals surface area (Å²) < 4.78 is 11.2. The third-order valence-corrected chi connectivity index (χ3v) is 3.38. The van der Waals surface area contributed by atoms with Crippen molar-refractivity contribution < 1.29 is 9.47 Å². The molecule has 0 aliphatic carbocycles. The van der Waals surface area contributed by atoms with Gasteiger partial charge in [0.25, 0.3) is 0 Å². The van der Waals surface area contributed by atoms with Crippen molar-refractivity contribution in [1.29, 1.82) is 0 Å². The van der Waals surface area contributed by atoms with Gasteiger partial charge in [-0.2, -0.15) is 0 Å². The molecule has 2 heteroatoms. The van der Waals surface area contributed by atoms with Crippen LogP contribution >= 0.6 is 0 Å². The van der Waals surface area contributed by atoms with Crippen LogP contribution < -0.4 is 9.47 Å². The molecule has 0 spiro atoms. The molecule has 0 bridgehead atoms. The SMILES string of the molecule is CCCc1ccc(O/C=C(\C)c2ccccc2)cc1OC. The van der Waals surface area contributed by atoms with Gasteiger partial charge in [-0.25, -0.2) is 0 Å². The molecule has 0 aliphatic rings. The highest BCUT2D eigenvalue weighted by Crippen LogP contribution is 2.26. The first-order valence-electron chi connectivity index (χ1n) is 7.30. The molecule has 0 saturated carbocycles. The van der Waals surface area contributed by atoms with Crippen LogP contribution in [0.15, 0.2) is 54.8 Å². The van der Waals surface area contributed by atoms with E-state index in [2.05, 4.69) is 25.1 Å². The predicted molar refractivity (Wildman–Crippen MR) is 87.7 cm³/mol. The first-order valence-corrected chi connectivity index (χ1v) is 7.30. The zero-order valence-electron chi connectivity index (χ0n) is 12.9. The predicted octanol–water partition coefficient (Wildman–Crippen LogP) is 5.09. The maximum absolute atomic E-state index is 5.76. The molecule has 0 saturated heterocycles. The largest absolute Gasteiger partial charge is 0.496 e. The van der Waals surface area contributed by atoms with Crippen LogP contribution in [0.25, 0.3) is 5.57 Å². The lowest BCUT2D eigenvalue weighted by Crippen LogP contribution is -1.93. The molecule has 0 atom stereocenters. The van der Waals surface area contributed by atoms with Gasteiger partial charge in [-0.05, 0) is 36.1 Å². The van der Waals surface area contributed by atoms with E-state index in [0.717, 1.165) is 35.5 Å². The average Bonchev–Trinajstić information content (AvgIpc) is 2.54. The molecule has 0 aliphatic heterocycles. The number of aryl methyl sites for hydroxylation is 1. The van der Waals surface area contributed by atoms with E-state index in [0.29, 0.717) is 0 Å². The van der Waals surface area contributed by atoms with E-state index >= 15 is 0 Å². The number of rotatable bonds is 6. The van der Waals surface area contributed by atoms with E-state index in [1.54, 1.807) is 13.4 Å². The topological polar surface area (TPSA) is 18.5 Å². The molecular formula is C19H22O2. The first kappa shape index (κ1) is 15.2. The Hall–Kier alpha value is -2.22. The van der Waals surface area contributed by atoms with Gasteiger partial charge < -0.3 is 9.47 Å². The lowest BCUT2D eigenvalue weighted by Gasteiger charge is -2.10. The summed E-state index contributed by atoms with van der Waals surface area (Å²) in [6.07, 6.45) is 3.90. The van der Waals surface area contributed by atoms with Crippen LogP contribution in [-0.4, -0.2) is 7.11 Å². The summed E-state index contributed by atoms with van der Waals surface area (Å²) >= 11 is 0. The van der Waals surface area contributed by atoms with Crippen molar-refractivity contribution in [1.82, 2.24) is 0 Å². The van der Waals surface area contributed by atoms with Gasteiger partial charge in [0.1, 0.15) is 11.5 Å². The summed E-state index contributed by atoms with van der Waals surface area (Å²) in [5.41, 5.74) is 3.47. The molecule has 21 heavy (non-hydrogen) atoms. The van der Waals surface area contributed by atoms with Gasteiger partial charge >= 0.3 is 0 Å². The highest BCUT2D eigenvalue weighted by molar-refractivity contribution is 5.62. The van der Waals surface area contributed by atoms with Gasteiger partial charge in [0.05, 0.1) is 13.4 Å². The number of hydrogen-bond donors (Lipinski definition) is 0. The Morgan fingerprint density at radius 1 is 1.10 bits per heavy atom.